The summed E-state index contributed by atoms with van der Waals surface area (Å²) in [6.07, 6.45) is 0. The van der Waals surface area contributed by atoms with Crippen LogP contribution >= 0.6 is 0 Å². The fourth-order valence-corrected chi connectivity index (χ4v) is 20.7. The molecule has 25 aromatic rings. The Hall–Kier alpha value is -15.8. The minimum absolute atomic E-state index is 0.0843. The number of fused-ring (bicyclic) bond motifs is 25. The second kappa shape index (κ2) is 24.6. The largest absolute Gasteiger partial charge is 0.309 e. The maximum atomic E-state index is 5.73. The summed E-state index contributed by atoms with van der Waals surface area (Å²) in [6.45, 7) is 4.71. The van der Waals surface area contributed by atoms with E-state index in [0.717, 1.165) is 155 Å². The molecule has 119 heavy (non-hydrogen) atoms. The van der Waals surface area contributed by atoms with Gasteiger partial charge in [-0.15, -0.1) is 0 Å². The molecule has 0 saturated carbocycles. The van der Waals surface area contributed by atoms with E-state index in [1.807, 2.05) is 0 Å². The summed E-state index contributed by atoms with van der Waals surface area (Å²) >= 11 is 0. The second-order valence-corrected chi connectivity index (χ2v) is 32.4. The highest BCUT2D eigenvalue weighted by Crippen LogP contribution is 2.52. The Bertz CT molecular complexity index is 8720. The van der Waals surface area contributed by atoms with Crippen molar-refractivity contribution < 1.29 is 0 Å². The lowest BCUT2D eigenvalue weighted by Crippen LogP contribution is -2.14. The standard InChI is InChI=1S/C109H68N10/c1-109(2)83-41-17-9-33-72(83)81-63-70(52-55-84(81)109)115-88-45-21-14-38-77(88)101-96(115)57-58-97-102(101)78-39-15-22-46-89(78)116(97)71-53-56-92-82(64-71)73-34-12-20-44-87(73)118(92)107-110-86-43-19-11-36-75(86)106(113-107)68-30-25-29-66(61-68)67-51-54-80-99(62-67)114(69-31-7-4-8-32-69)95-59-60-98-103(104(80)95)79-40-16-23-47-90(79)117(98)93-49-26-50-94-100(93)76-37-13-24-48-91(76)119(94)108-111-85-42-18-10-35-74(85)105(112-108)65-27-5-3-6-28-65/h3-64H,1-2H3. The van der Waals surface area contributed by atoms with Gasteiger partial charge in [0.05, 0.1) is 94.3 Å². The van der Waals surface area contributed by atoms with E-state index in [1.54, 1.807) is 0 Å². The number of hydrogen-bond donors (Lipinski definition) is 0. The summed E-state index contributed by atoms with van der Waals surface area (Å²) in [4.78, 5) is 22.0. The van der Waals surface area contributed by atoms with Gasteiger partial charge in [-0.3, -0.25) is 9.13 Å². The summed E-state index contributed by atoms with van der Waals surface area (Å²) in [6, 6.07) is 137. The Morgan fingerprint density at radius 2 is 0.597 bits per heavy atom. The molecule has 1 aliphatic rings. The first-order valence-electron chi connectivity index (χ1n) is 40.9. The molecular formula is C109H68N10. The monoisotopic (exact) mass is 1520 g/mol. The lowest BCUT2D eigenvalue weighted by Gasteiger charge is -2.21. The van der Waals surface area contributed by atoms with Crippen LogP contribution in [-0.4, -0.2) is 47.3 Å². The quantitative estimate of drug-likeness (QED) is 0.144. The first-order chi connectivity index (χ1) is 58.8. The van der Waals surface area contributed by atoms with E-state index in [4.69, 9.17) is 19.9 Å². The molecule has 0 unspecified atom stereocenters. The van der Waals surface area contributed by atoms with Gasteiger partial charge in [0.15, 0.2) is 0 Å². The highest BCUT2D eigenvalue weighted by Gasteiger charge is 2.36. The van der Waals surface area contributed by atoms with Crippen molar-refractivity contribution in [2.24, 2.45) is 0 Å². The molecule has 0 fully saturated rings. The number of para-hydroxylation sites is 8. The van der Waals surface area contributed by atoms with E-state index in [0.29, 0.717) is 11.9 Å². The molecule has 1 aliphatic carbocycles. The third-order valence-electron chi connectivity index (χ3n) is 25.8. The zero-order valence-corrected chi connectivity index (χ0v) is 64.8. The molecule has 10 nitrogen and oxygen atoms in total. The molecule has 0 N–H and O–H groups in total. The van der Waals surface area contributed by atoms with Crippen LogP contribution in [0.3, 0.4) is 0 Å². The van der Waals surface area contributed by atoms with Crippen molar-refractivity contribution >= 4 is 153 Å². The van der Waals surface area contributed by atoms with Crippen LogP contribution in [0, 0.1) is 0 Å². The predicted molar refractivity (Wildman–Crippen MR) is 493 cm³/mol. The summed E-state index contributed by atoms with van der Waals surface area (Å²) < 4.78 is 14.4. The van der Waals surface area contributed by atoms with Gasteiger partial charge in [-0.05, 0) is 167 Å². The second-order valence-electron chi connectivity index (χ2n) is 32.4. The van der Waals surface area contributed by atoms with Crippen molar-refractivity contribution in [1.82, 2.24) is 47.3 Å². The van der Waals surface area contributed by atoms with Crippen LogP contribution in [0.5, 0.6) is 0 Å². The van der Waals surface area contributed by atoms with Gasteiger partial charge in [-0.25, -0.2) is 19.9 Å². The topological polar surface area (TPSA) is 81.1 Å². The smallest absolute Gasteiger partial charge is 0.235 e. The number of rotatable bonds is 9. The van der Waals surface area contributed by atoms with Crippen LogP contribution in [0.25, 0.3) is 232 Å². The lowest BCUT2D eigenvalue weighted by molar-refractivity contribution is 0.660. The van der Waals surface area contributed by atoms with Gasteiger partial charge in [0.1, 0.15) is 0 Å². The van der Waals surface area contributed by atoms with Crippen molar-refractivity contribution in [2.75, 3.05) is 0 Å². The van der Waals surface area contributed by atoms with Crippen molar-refractivity contribution in [2.45, 2.75) is 19.3 Å². The van der Waals surface area contributed by atoms with Crippen molar-refractivity contribution in [3.63, 3.8) is 0 Å². The summed E-state index contributed by atoms with van der Waals surface area (Å²) in [5.41, 5.74) is 30.6. The van der Waals surface area contributed by atoms with Gasteiger partial charge in [-0.1, -0.05) is 257 Å². The number of hydrogen-bond acceptors (Lipinski definition) is 4. The van der Waals surface area contributed by atoms with Gasteiger partial charge in [0.2, 0.25) is 11.9 Å². The van der Waals surface area contributed by atoms with E-state index in [2.05, 4.69) is 417 Å². The van der Waals surface area contributed by atoms with Crippen molar-refractivity contribution in [3.05, 3.63) is 387 Å². The van der Waals surface area contributed by atoms with Crippen LogP contribution in [0.1, 0.15) is 25.0 Å². The van der Waals surface area contributed by atoms with Crippen LogP contribution < -0.4 is 0 Å². The molecule has 0 atom stereocenters. The van der Waals surface area contributed by atoms with Crippen LogP contribution in [0.2, 0.25) is 0 Å². The predicted octanol–water partition coefficient (Wildman–Crippen LogP) is 27.5. The molecule has 8 aromatic heterocycles. The maximum absolute atomic E-state index is 5.73. The molecule has 0 radical (unpaired) electrons. The lowest BCUT2D eigenvalue weighted by atomic mass is 9.82. The average Bonchev–Trinajstić information content (AvgIpc) is 1.55. The fraction of sp³-hybridized carbons (Fsp3) is 0.0275. The zero-order valence-electron chi connectivity index (χ0n) is 64.8. The van der Waals surface area contributed by atoms with E-state index in [-0.39, 0.29) is 5.41 Å². The summed E-state index contributed by atoms with van der Waals surface area (Å²) in [7, 11) is 0. The molecular weight excluding hydrogens is 1450 g/mol. The van der Waals surface area contributed by atoms with Gasteiger partial charge in [0, 0.05) is 109 Å². The molecule has 0 spiro atoms. The molecule has 0 amide bonds. The average molecular weight is 1520 g/mol. The number of aromatic nitrogens is 10. The van der Waals surface area contributed by atoms with Gasteiger partial charge >= 0.3 is 0 Å². The Morgan fingerprint density at radius 1 is 0.202 bits per heavy atom. The number of benzene rings is 17. The molecule has 26 rings (SSSR count). The number of nitrogens with zero attached hydrogens (tertiary/aromatic N) is 10. The van der Waals surface area contributed by atoms with Gasteiger partial charge < -0.3 is 18.3 Å². The van der Waals surface area contributed by atoms with E-state index in [1.165, 1.54) is 76.4 Å². The van der Waals surface area contributed by atoms with Gasteiger partial charge in [0.25, 0.3) is 0 Å². The molecule has 8 heterocycles. The Balaban J connectivity index is 0.607. The third-order valence-corrected chi connectivity index (χ3v) is 25.8. The highest BCUT2D eigenvalue weighted by molar-refractivity contribution is 6.31. The van der Waals surface area contributed by atoms with Gasteiger partial charge in [-0.2, -0.15) is 0 Å². The Morgan fingerprint density at radius 3 is 1.23 bits per heavy atom. The summed E-state index contributed by atoms with van der Waals surface area (Å²) in [5.74, 6) is 1.23. The fourth-order valence-electron chi connectivity index (χ4n) is 20.7. The molecule has 0 bridgehead atoms. The summed E-state index contributed by atoms with van der Waals surface area (Å²) in [5, 5.41) is 16.1. The normalized spacial score (nSPS) is 12.9. The van der Waals surface area contributed by atoms with Crippen LogP contribution in [0.15, 0.2) is 376 Å². The Kier molecular flexibility index (Phi) is 13.6. The third kappa shape index (κ3) is 9.25. The molecule has 17 aromatic carbocycles. The van der Waals surface area contributed by atoms with Crippen LogP contribution in [-0.2, 0) is 5.41 Å². The SMILES string of the molecule is CC1(C)c2ccccc2-c2cc(-n3c4ccccc4c4c5c6ccccc6n(-c6ccc7c(c6)c6ccccc6n7-c6nc(-c7cccc(-c8ccc9c%10c%11c%12ccccc%12n(-c%12cccc%13c%12c%12ccccc%12n%13-c%12nc(-c%13ccccc%13)c%13ccccc%13n%12)c%11ccc%10n(-c%10ccccc%10)c9c8)c7)c7ccccc7n6)c5ccc43)ccc21. The molecule has 554 valence electrons. The zero-order chi connectivity index (χ0) is 78.0. The van der Waals surface area contributed by atoms with E-state index < -0.39 is 0 Å². The maximum Gasteiger partial charge on any atom is 0.235 e. The minimum atomic E-state index is -0.0843. The highest BCUT2D eigenvalue weighted by atomic mass is 15.2. The minimum Gasteiger partial charge on any atom is -0.309 e. The van der Waals surface area contributed by atoms with Crippen LogP contribution in [0.4, 0.5) is 0 Å². The van der Waals surface area contributed by atoms with E-state index >= 15 is 0 Å². The molecule has 0 saturated heterocycles. The first kappa shape index (κ1) is 65.6. The first-order valence-corrected chi connectivity index (χ1v) is 40.9. The Labute approximate surface area is 681 Å². The van der Waals surface area contributed by atoms with E-state index in [9.17, 15) is 0 Å². The van der Waals surface area contributed by atoms with Crippen molar-refractivity contribution in [3.8, 4) is 79.4 Å². The molecule has 10 heteroatoms. The molecule has 0 aliphatic heterocycles. The van der Waals surface area contributed by atoms with Crippen molar-refractivity contribution in [1.29, 1.82) is 0 Å².